The predicted molar refractivity (Wildman–Crippen MR) is 54.6 cm³/mol. The summed E-state index contributed by atoms with van der Waals surface area (Å²) in [5.74, 6) is 1.10. The van der Waals surface area contributed by atoms with Gasteiger partial charge < -0.3 is 16.9 Å². The summed E-state index contributed by atoms with van der Waals surface area (Å²) in [6.07, 6.45) is 19.6. The van der Waals surface area contributed by atoms with Crippen LogP contribution in [0.25, 0.3) is 5.59 Å². The minimum atomic E-state index is 0. The molecule has 0 saturated heterocycles. The monoisotopic (exact) mass is 271 g/mol. The van der Waals surface area contributed by atoms with Gasteiger partial charge in [-0.05, 0) is 0 Å². The van der Waals surface area contributed by atoms with Gasteiger partial charge in [0.1, 0.15) is 0 Å². The van der Waals surface area contributed by atoms with Crippen LogP contribution in [0.1, 0.15) is 0 Å². The maximum atomic E-state index is 7.25. The van der Waals surface area contributed by atoms with Gasteiger partial charge >= 0.3 is 21.1 Å². The first-order valence-electron chi connectivity index (χ1n) is 4.18. The second-order valence-electron chi connectivity index (χ2n) is 2.89. The number of allylic oxidation sites excluding steroid dienone is 8. The van der Waals surface area contributed by atoms with Gasteiger partial charge in [-0.1, -0.05) is 24.3 Å². The summed E-state index contributed by atoms with van der Waals surface area (Å²) < 4.78 is 0. The molecular formula is C11H11MoNO. The standard InChI is InChI=1S/C11H11.Mo.NO/c1-2-6-10(5-1)9-11-7-3-4-8-11;;1-2/h1-11H;;/q-1;+2;-1. The van der Waals surface area contributed by atoms with Crippen LogP contribution in [0.15, 0.2) is 48.6 Å². The molecule has 3 heteroatoms. The quantitative estimate of drug-likeness (QED) is 0.561. The van der Waals surface area contributed by atoms with E-state index in [0.29, 0.717) is 11.8 Å². The zero-order valence-electron chi connectivity index (χ0n) is 7.61. The fraction of sp³-hybridized carbons (Fsp3) is 0.182. The minimum Gasteiger partial charge on any atom is -0.577 e. The van der Waals surface area contributed by atoms with Crippen molar-refractivity contribution in [3.05, 3.63) is 65.5 Å². The van der Waals surface area contributed by atoms with Gasteiger partial charge in [-0.15, -0.1) is 36.1 Å². The number of nitroso groups, excluding NO2 is 1. The van der Waals surface area contributed by atoms with Crippen molar-refractivity contribution in [1.29, 1.82) is 0 Å². The van der Waals surface area contributed by atoms with E-state index in [2.05, 4.69) is 55.0 Å². The summed E-state index contributed by atoms with van der Waals surface area (Å²) >= 11 is 0. The second-order valence-corrected chi connectivity index (χ2v) is 2.89. The molecule has 0 saturated carbocycles. The molecular weight excluding hydrogens is 258 g/mol. The third kappa shape index (κ3) is 3.97. The fourth-order valence-electron chi connectivity index (χ4n) is 1.41. The van der Waals surface area contributed by atoms with Gasteiger partial charge in [-0.25, -0.2) is 0 Å². The molecule has 0 unspecified atom stereocenters. The molecule has 0 radical (unpaired) electrons. The molecule has 0 aromatic rings. The maximum absolute atomic E-state index is 7.25. The van der Waals surface area contributed by atoms with E-state index in [0.717, 1.165) is 0 Å². The van der Waals surface area contributed by atoms with Crippen molar-refractivity contribution in [2.24, 2.45) is 11.8 Å². The van der Waals surface area contributed by atoms with E-state index >= 15 is 0 Å². The zero-order chi connectivity index (χ0) is 9.52. The van der Waals surface area contributed by atoms with Crippen molar-refractivity contribution in [3.8, 4) is 0 Å². The van der Waals surface area contributed by atoms with Gasteiger partial charge in [0.2, 0.25) is 0 Å². The van der Waals surface area contributed by atoms with Crippen LogP contribution in [0.3, 0.4) is 0 Å². The van der Waals surface area contributed by atoms with Crippen LogP contribution in [0.2, 0.25) is 0 Å². The van der Waals surface area contributed by atoms with Crippen molar-refractivity contribution in [3.63, 3.8) is 0 Å². The first-order valence-corrected chi connectivity index (χ1v) is 4.18. The van der Waals surface area contributed by atoms with E-state index in [-0.39, 0.29) is 21.1 Å². The Labute approximate surface area is 98.5 Å². The number of rotatable bonds is 2. The zero-order valence-corrected chi connectivity index (χ0v) is 9.62. The van der Waals surface area contributed by atoms with Crippen molar-refractivity contribution in [2.75, 3.05) is 0 Å². The molecule has 0 aromatic carbocycles. The molecule has 2 nitrogen and oxygen atoms in total. The Kier molecular flexibility index (Phi) is 7.22. The van der Waals surface area contributed by atoms with Crippen LogP contribution in [0, 0.1) is 23.2 Å². The molecule has 0 aliphatic heterocycles. The SMILES string of the molecule is C1=CC([CH-]C2C=CC=C2)C=C1.[Mo+2].[N-]=O. The normalized spacial score (nSPS) is 18.0. The van der Waals surface area contributed by atoms with Crippen molar-refractivity contribution >= 4 is 0 Å². The molecule has 72 valence electrons. The average Bonchev–Trinajstić information content (AvgIpc) is 2.81. The summed E-state index contributed by atoms with van der Waals surface area (Å²) in [7, 11) is 0. The van der Waals surface area contributed by atoms with E-state index in [1.165, 1.54) is 0 Å². The molecule has 0 heterocycles. The van der Waals surface area contributed by atoms with Crippen LogP contribution in [0.5, 0.6) is 0 Å². The van der Waals surface area contributed by atoms with Gasteiger partial charge in [0.15, 0.2) is 0 Å². The summed E-state index contributed by atoms with van der Waals surface area (Å²) in [5.41, 5.74) is 5.75. The Morgan fingerprint density at radius 1 is 0.786 bits per heavy atom. The predicted octanol–water partition coefficient (Wildman–Crippen LogP) is 2.99. The van der Waals surface area contributed by atoms with Crippen molar-refractivity contribution < 1.29 is 21.1 Å². The molecule has 2 aliphatic carbocycles. The Hall–Kier alpha value is -0.752. The Bertz CT molecular complexity index is 218. The molecule has 0 atom stereocenters. The van der Waals surface area contributed by atoms with Crippen LogP contribution in [0.4, 0.5) is 0 Å². The number of hydrogen-bond donors (Lipinski definition) is 0. The maximum Gasteiger partial charge on any atom is 2.00 e. The molecule has 14 heavy (non-hydrogen) atoms. The largest absolute Gasteiger partial charge is 2.00 e. The topological polar surface area (TPSA) is 39.4 Å². The van der Waals surface area contributed by atoms with E-state index in [1.54, 1.807) is 0 Å². The van der Waals surface area contributed by atoms with Gasteiger partial charge in [-0.2, -0.15) is 0 Å². The van der Waals surface area contributed by atoms with E-state index in [1.807, 2.05) is 0 Å². The minimum absolute atomic E-state index is 0. The fourth-order valence-corrected chi connectivity index (χ4v) is 1.41. The average molecular weight is 269 g/mol. The second kappa shape index (κ2) is 7.63. The van der Waals surface area contributed by atoms with E-state index in [9.17, 15) is 0 Å². The summed E-state index contributed by atoms with van der Waals surface area (Å²) in [5, 5.41) is 0. The molecule has 2 rings (SSSR count). The Morgan fingerprint density at radius 3 is 1.36 bits per heavy atom. The summed E-state index contributed by atoms with van der Waals surface area (Å²) in [4.78, 5) is 7.25. The summed E-state index contributed by atoms with van der Waals surface area (Å²) in [6, 6.07) is 0. The van der Waals surface area contributed by atoms with Crippen LogP contribution in [-0.4, -0.2) is 0 Å². The molecule has 0 N–H and O–H groups in total. The van der Waals surface area contributed by atoms with Gasteiger partial charge in [-0.3, -0.25) is 0 Å². The smallest absolute Gasteiger partial charge is 0.577 e. The third-order valence-electron chi connectivity index (χ3n) is 2.00. The molecule has 2 aliphatic rings. The van der Waals surface area contributed by atoms with Crippen molar-refractivity contribution in [1.82, 2.24) is 0 Å². The Morgan fingerprint density at radius 2 is 1.07 bits per heavy atom. The number of nitrogens with zero attached hydrogens (tertiary/aromatic N) is 1. The first kappa shape index (κ1) is 13.2. The number of hydrogen-bond acceptors (Lipinski definition) is 1. The van der Waals surface area contributed by atoms with E-state index in [4.69, 9.17) is 10.5 Å². The van der Waals surface area contributed by atoms with E-state index < -0.39 is 0 Å². The van der Waals surface area contributed by atoms with Crippen LogP contribution >= 0.6 is 0 Å². The van der Waals surface area contributed by atoms with Crippen molar-refractivity contribution in [2.45, 2.75) is 0 Å². The molecule has 0 spiro atoms. The van der Waals surface area contributed by atoms with Gasteiger partial charge in [0, 0.05) is 0 Å². The van der Waals surface area contributed by atoms with Gasteiger partial charge in [0.25, 0.3) is 0 Å². The van der Waals surface area contributed by atoms with Crippen LogP contribution in [-0.2, 0) is 21.1 Å². The molecule has 0 amide bonds. The first-order chi connectivity index (χ1) is 6.45. The van der Waals surface area contributed by atoms with Crippen LogP contribution < -0.4 is 0 Å². The molecule has 0 fully saturated rings. The summed E-state index contributed by atoms with van der Waals surface area (Å²) in [6.45, 7) is 0. The molecule has 0 aromatic heterocycles. The van der Waals surface area contributed by atoms with Gasteiger partial charge in [0.05, 0.1) is 0 Å². The molecule has 0 bridgehead atoms. The Balaban J connectivity index is 0.000000531. The third-order valence-corrected chi connectivity index (χ3v) is 2.00.